The molecule has 0 amide bonds. The van der Waals surface area contributed by atoms with Crippen molar-refractivity contribution in [1.29, 1.82) is 0 Å². The number of imidazole rings is 1. The van der Waals surface area contributed by atoms with Crippen molar-refractivity contribution >= 4 is 27.0 Å². The third-order valence-electron chi connectivity index (χ3n) is 5.00. The van der Waals surface area contributed by atoms with Crippen LogP contribution in [0.4, 0.5) is 0 Å². The van der Waals surface area contributed by atoms with Crippen LogP contribution in [0, 0.1) is 20.8 Å². The second-order valence-electron chi connectivity index (χ2n) is 6.92. The maximum Gasteiger partial charge on any atom is 0.141 e. The quantitative estimate of drug-likeness (QED) is 0.394. The molecule has 27 heavy (non-hydrogen) atoms. The van der Waals surface area contributed by atoms with Crippen LogP contribution in [0.25, 0.3) is 22.2 Å². The van der Waals surface area contributed by atoms with E-state index in [0.717, 1.165) is 63.3 Å². The van der Waals surface area contributed by atoms with Gasteiger partial charge in [-0.15, -0.1) is 0 Å². The fraction of sp³-hybridized carbons (Fsp3) is 0.273. The highest BCUT2D eigenvalue weighted by Crippen LogP contribution is 2.34. The van der Waals surface area contributed by atoms with E-state index in [1.807, 2.05) is 13.8 Å². The molecule has 0 N–H and O–H groups in total. The van der Waals surface area contributed by atoms with E-state index in [1.54, 1.807) is 0 Å². The van der Waals surface area contributed by atoms with Crippen molar-refractivity contribution < 1.29 is 4.52 Å². The molecular weight excluding hydrogens is 402 g/mol. The summed E-state index contributed by atoms with van der Waals surface area (Å²) in [5, 5.41) is 4.08. The third-order valence-corrected chi connectivity index (χ3v) is 5.60. The van der Waals surface area contributed by atoms with E-state index in [2.05, 4.69) is 75.0 Å². The lowest BCUT2D eigenvalue weighted by molar-refractivity contribution is 0.393. The molecule has 4 aromatic rings. The molecule has 138 valence electrons. The SMILES string of the molecule is Cc1noc(C)c1-c1cc(Br)c2c(c1)nc(C)n2CCCc1ccccc1. The molecule has 0 saturated carbocycles. The first-order chi connectivity index (χ1) is 13.0. The van der Waals surface area contributed by atoms with Crippen LogP contribution in [0.3, 0.4) is 0 Å². The van der Waals surface area contributed by atoms with Crippen molar-refractivity contribution in [1.82, 2.24) is 14.7 Å². The van der Waals surface area contributed by atoms with Crippen LogP contribution >= 0.6 is 15.9 Å². The summed E-state index contributed by atoms with van der Waals surface area (Å²) < 4.78 is 8.69. The number of nitrogens with zero attached hydrogens (tertiary/aromatic N) is 3. The maximum atomic E-state index is 5.33. The summed E-state index contributed by atoms with van der Waals surface area (Å²) >= 11 is 3.77. The second kappa shape index (κ2) is 7.31. The highest BCUT2D eigenvalue weighted by molar-refractivity contribution is 9.10. The first-order valence-corrected chi connectivity index (χ1v) is 9.97. The normalized spacial score (nSPS) is 11.4. The average Bonchev–Trinajstić information content (AvgIpc) is 3.15. The number of aromatic nitrogens is 3. The first kappa shape index (κ1) is 18.0. The van der Waals surface area contributed by atoms with Gasteiger partial charge in [0.05, 0.1) is 16.7 Å². The molecule has 0 aliphatic heterocycles. The van der Waals surface area contributed by atoms with Crippen molar-refractivity contribution in [2.75, 3.05) is 0 Å². The predicted molar refractivity (Wildman–Crippen MR) is 112 cm³/mol. The van der Waals surface area contributed by atoms with Gasteiger partial charge in [0.15, 0.2) is 0 Å². The Morgan fingerprint density at radius 2 is 1.85 bits per heavy atom. The van der Waals surface area contributed by atoms with Crippen LogP contribution in [-0.4, -0.2) is 14.7 Å². The van der Waals surface area contributed by atoms with E-state index >= 15 is 0 Å². The van der Waals surface area contributed by atoms with E-state index in [0.29, 0.717) is 0 Å². The molecule has 0 aliphatic rings. The van der Waals surface area contributed by atoms with Crippen LogP contribution in [-0.2, 0) is 13.0 Å². The molecule has 4 nitrogen and oxygen atoms in total. The smallest absolute Gasteiger partial charge is 0.141 e. The van der Waals surface area contributed by atoms with Crippen LogP contribution in [0.15, 0.2) is 51.5 Å². The highest BCUT2D eigenvalue weighted by atomic mass is 79.9. The molecule has 0 atom stereocenters. The molecule has 0 radical (unpaired) electrons. The van der Waals surface area contributed by atoms with Crippen LogP contribution in [0.5, 0.6) is 0 Å². The van der Waals surface area contributed by atoms with Crippen LogP contribution in [0.1, 0.15) is 29.3 Å². The van der Waals surface area contributed by atoms with Crippen LogP contribution < -0.4 is 0 Å². The Morgan fingerprint density at radius 1 is 1.07 bits per heavy atom. The predicted octanol–water partition coefficient (Wildman–Crippen LogP) is 6.01. The van der Waals surface area contributed by atoms with Crippen LogP contribution in [0.2, 0.25) is 0 Å². The molecule has 0 spiro atoms. The molecule has 2 heterocycles. The van der Waals surface area contributed by atoms with Gasteiger partial charge in [0, 0.05) is 16.6 Å². The van der Waals surface area contributed by atoms with E-state index in [1.165, 1.54) is 5.56 Å². The van der Waals surface area contributed by atoms with Crippen molar-refractivity contribution in [3.05, 3.63) is 69.8 Å². The van der Waals surface area contributed by atoms with E-state index in [-0.39, 0.29) is 0 Å². The summed E-state index contributed by atoms with van der Waals surface area (Å²) in [6, 6.07) is 14.9. The lowest BCUT2D eigenvalue weighted by Crippen LogP contribution is -2.02. The number of benzene rings is 2. The fourth-order valence-electron chi connectivity index (χ4n) is 3.73. The van der Waals surface area contributed by atoms with E-state index in [9.17, 15) is 0 Å². The highest BCUT2D eigenvalue weighted by Gasteiger charge is 2.17. The molecule has 0 saturated heterocycles. The minimum atomic E-state index is 0.831. The minimum absolute atomic E-state index is 0.831. The summed E-state index contributed by atoms with van der Waals surface area (Å²) in [5.74, 6) is 1.87. The topological polar surface area (TPSA) is 43.9 Å². The summed E-state index contributed by atoms with van der Waals surface area (Å²) in [4.78, 5) is 4.81. The Labute approximate surface area is 167 Å². The van der Waals surface area contributed by atoms with Gasteiger partial charge in [0.1, 0.15) is 11.6 Å². The molecule has 2 aromatic carbocycles. The summed E-state index contributed by atoms with van der Waals surface area (Å²) in [6.07, 6.45) is 2.14. The second-order valence-corrected chi connectivity index (χ2v) is 7.78. The number of hydrogen-bond acceptors (Lipinski definition) is 3. The summed E-state index contributed by atoms with van der Waals surface area (Å²) in [5.41, 5.74) is 6.55. The van der Waals surface area contributed by atoms with Crippen molar-refractivity contribution in [3.63, 3.8) is 0 Å². The van der Waals surface area contributed by atoms with Crippen molar-refractivity contribution in [2.45, 2.75) is 40.2 Å². The zero-order chi connectivity index (χ0) is 19.0. The van der Waals surface area contributed by atoms with E-state index in [4.69, 9.17) is 9.51 Å². The Hall–Kier alpha value is -2.40. The fourth-order valence-corrected chi connectivity index (χ4v) is 4.40. The molecule has 4 rings (SSSR count). The lowest BCUT2D eigenvalue weighted by atomic mass is 10.0. The van der Waals surface area contributed by atoms with Gasteiger partial charge in [-0.3, -0.25) is 0 Å². The molecule has 5 heteroatoms. The Kier molecular flexibility index (Phi) is 4.87. The van der Waals surface area contributed by atoms with Crippen molar-refractivity contribution in [3.8, 4) is 11.1 Å². The van der Waals surface area contributed by atoms with Gasteiger partial charge in [-0.05, 0) is 72.8 Å². The van der Waals surface area contributed by atoms with Crippen molar-refractivity contribution in [2.24, 2.45) is 0 Å². The Bertz CT molecular complexity index is 1080. The number of hydrogen-bond donors (Lipinski definition) is 0. The van der Waals surface area contributed by atoms with Gasteiger partial charge in [0.2, 0.25) is 0 Å². The summed E-state index contributed by atoms with van der Waals surface area (Å²) in [7, 11) is 0. The van der Waals surface area contributed by atoms with E-state index < -0.39 is 0 Å². The molecule has 0 aliphatic carbocycles. The minimum Gasteiger partial charge on any atom is -0.361 e. The zero-order valence-corrected chi connectivity index (χ0v) is 17.4. The van der Waals surface area contributed by atoms with Gasteiger partial charge < -0.3 is 9.09 Å². The number of halogens is 1. The Balaban J connectivity index is 1.66. The maximum absolute atomic E-state index is 5.33. The molecular formula is C22H22BrN3O. The van der Waals surface area contributed by atoms with Gasteiger partial charge in [-0.1, -0.05) is 35.5 Å². The van der Waals surface area contributed by atoms with Gasteiger partial charge >= 0.3 is 0 Å². The molecule has 0 unspecified atom stereocenters. The van der Waals surface area contributed by atoms with Gasteiger partial charge in [0.25, 0.3) is 0 Å². The van der Waals surface area contributed by atoms with Gasteiger partial charge in [-0.25, -0.2) is 4.98 Å². The monoisotopic (exact) mass is 423 g/mol. The Morgan fingerprint density at radius 3 is 2.56 bits per heavy atom. The molecule has 0 fully saturated rings. The average molecular weight is 424 g/mol. The first-order valence-electron chi connectivity index (χ1n) is 9.18. The largest absolute Gasteiger partial charge is 0.361 e. The number of fused-ring (bicyclic) bond motifs is 1. The zero-order valence-electron chi connectivity index (χ0n) is 15.8. The molecule has 2 aromatic heterocycles. The summed E-state index contributed by atoms with van der Waals surface area (Å²) in [6.45, 7) is 6.93. The number of aryl methyl sites for hydroxylation is 5. The third kappa shape index (κ3) is 3.44. The molecule has 0 bridgehead atoms. The van der Waals surface area contributed by atoms with Gasteiger partial charge in [-0.2, -0.15) is 0 Å². The number of rotatable bonds is 5. The lowest BCUT2D eigenvalue weighted by Gasteiger charge is -2.09. The standard InChI is InChI=1S/C22H22BrN3O/c1-14-21(15(2)27-25-14)18-12-19(23)22-20(13-18)24-16(3)26(22)11-7-10-17-8-5-4-6-9-17/h4-6,8-9,12-13H,7,10-11H2,1-3H3.